The maximum atomic E-state index is 14.4. The molecular formula is C23H23ClFNO6. The van der Waals surface area contributed by atoms with Gasteiger partial charge in [-0.1, -0.05) is 17.7 Å². The second-order valence-electron chi connectivity index (χ2n) is 8.20. The number of aliphatic hydroxyl groups excluding tert-OH is 2. The number of likely N-dealkylation sites (N-methyl/N-ethyl adjacent to an activating group) is 1. The Bertz CT molecular complexity index is 1240. The topological polar surface area (TPSA) is 114 Å². The lowest BCUT2D eigenvalue weighted by Gasteiger charge is -2.34. The van der Waals surface area contributed by atoms with Crippen molar-refractivity contribution in [1.29, 1.82) is 0 Å². The van der Waals surface area contributed by atoms with Crippen molar-refractivity contribution >= 4 is 22.6 Å². The van der Waals surface area contributed by atoms with Crippen LogP contribution in [0.2, 0.25) is 5.02 Å². The molecule has 0 radical (unpaired) electrons. The summed E-state index contributed by atoms with van der Waals surface area (Å²) in [4.78, 5) is 15.3. The van der Waals surface area contributed by atoms with E-state index in [1.807, 2.05) is 11.9 Å². The van der Waals surface area contributed by atoms with Gasteiger partial charge in [0.1, 0.15) is 40.1 Å². The molecule has 2 heterocycles. The zero-order chi connectivity index (χ0) is 23.3. The molecular weight excluding hydrogens is 441 g/mol. The first-order chi connectivity index (χ1) is 15.1. The summed E-state index contributed by atoms with van der Waals surface area (Å²) >= 11 is 6.06. The van der Waals surface area contributed by atoms with Crippen LogP contribution in [0.3, 0.4) is 0 Å². The van der Waals surface area contributed by atoms with Crippen LogP contribution in [-0.4, -0.2) is 51.6 Å². The number of hydrogen-bond acceptors (Lipinski definition) is 7. The summed E-state index contributed by atoms with van der Waals surface area (Å²) < 4.78 is 20.2. The molecule has 9 heteroatoms. The number of nitrogens with zero attached hydrogens (tertiary/aromatic N) is 1. The number of hydrogen-bond donors (Lipinski definition) is 4. The monoisotopic (exact) mass is 463 g/mol. The Labute approximate surface area is 187 Å². The minimum absolute atomic E-state index is 0.0250. The quantitative estimate of drug-likeness (QED) is 0.471. The van der Waals surface area contributed by atoms with E-state index in [-0.39, 0.29) is 44.2 Å². The lowest BCUT2D eigenvalue weighted by Crippen LogP contribution is -2.40. The van der Waals surface area contributed by atoms with E-state index in [4.69, 9.17) is 16.0 Å². The van der Waals surface area contributed by atoms with E-state index in [0.29, 0.717) is 19.5 Å². The molecule has 1 fully saturated rings. The first kappa shape index (κ1) is 22.5. The molecule has 4 rings (SSSR count). The number of aryl methyl sites for hydroxylation is 1. The molecule has 1 aliphatic heterocycles. The second kappa shape index (κ2) is 8.37. The molecule has 2 aromatic carbocycles. The highest BCUT2D eigenvalue weighted by molar-refractivity contribution is 6.31. The molecule has 0 aliphatic carbocycles. The Hall–Kier alpha value is -2.65. The number of benzene rings is 2. The van der Waals surface area contributed by atoms with Crippen molar-refractivity contribution in [2.24, 2.45) is 0 Å². The summed E-state index contributed by atoms with van der Waals surface area (Å²) in [6.45, 7) is 2.43. The first-order valence-corrected chi connectivity index (χ1v) is 10.5. The van der Waals surface area contributed by atoms with Gasteiger partial charge in [-0.05, 0) is 39.1 Å². The van der Waals surface area contributed by atoms with Crippen molar-refractivity contribution in [3.05, 3.63) is 67.8 Å². The zero-order valence-corrected chi connectivity index (χ0v) is 18.2. The largest absolute Gasteiger partial charge is 0.507 e. The predicted molar refractivity (Wildman–Crippen MR) is 117 cm³/mol. The van der Waals surface area contributed by atoms with E-state index in [2.05, 4.69) is 0 Å². The van der Waals surface area contributed by atoms with Crippen molar-refractivity contribution in [2.45, 2.75) is 31.5 Å². The fourth-order valence-electron chi connectivity index (χ4n) is 4.49. The Morgan fingerprint density at radius 1 is 1.25 bits per heavy atom. The minimum Gasteiger partial charge on any atom is -0.507 e. The smallest absolute Gasteiger partial charge is 0.202 e. The fourth-order valence-corrected chi connectivity index (χ4v) is 4.76. The maximum absolute atomic E-state index is 14.4. The number of halogens is 2. The first-order valence-electron chi connectivity index (χ1n) is 10.1. The number of β-amino-alcohol motifs (C(OH)–C–C–N with tert-alkyl or cyclic N) is 1. The van der Waals surface area contributed by atoms with Gasteiger partial charge in [0.25, 0.3) is 0 Å². The fraction of sp³-hybridized carbons (Fsp3) is 0.348. The van der Waals surface area contributed by atoms with Crippen LogP contribution in [0.1, 0.15) is 40.9 Å². The summed E-state index contributed by atoms with van der Waals surface area (Å²) in [6, 6.07) is 4.88. The molecule has 1 unspecified atom stereocenters. The van der Waals surface area contributed by atoms with E-state index in [9.17, 15) is 29.6 Å². The summed E-state index contributed by atoms with van der Waals surface area (Å²) in [5.74, 6) is -2.22. The van der Waals surface area contributed by atoms with Crippen LogP contribution in [0, 0.1) is 12.7 Å². The second-order valence-corrected chi connectivity index (χ2v) is 8.60. The van der Waals surface area contributed by atoms with Gasteiger partial charge >= 0.3 is 0 Å². The molecule has 0 spiro atoms. The molecule has 0 saturated carbocycles. The Kier molecular flexibility index (Phi) is 5.89. The molecule has 7 nitrogen and oxygen atoms in total. The number of aliphatic hydroxyl groups is 2. The predicted octanol–water partition coefficient (Wildman–Crippen LogP) is 3.17. The number of phenolic OH excluding ortho intramolecular Hbond substituents is 2. The van der Waals surface area contributed by atoms with E-state index >= 15 is 0 Å². The van der Waals surface area contributed by atoms with Crippen molar-refractivity contribution in [2.75, 3.05) is 20.1 Å². The van der Waals surface area contributed by atoms with Crippen LogP contribution < -0.4 is 5.43 Å². The van der Waals surface area contributed by atoms with Gasteiger partial charge in [0.15, 0.2) is 0 Å². The molecule has 1 aromatic heterocycles. The van der Waals surface area contributed by atoms with Gasteiger partial charge in [0.05, 0.1) is 11.7 Å². The van der Waals surface area contributed by atoms with E-state index < -0.39 is 35.1 Å². The summed E-state index contributed by atoms with van der Waals surface area (Å²) in [7, 11) is 1.86. The lowest BCUT2D eigenvalue weighted by molar-refractivity contribution is 0.0630. The Morgan fingerprint density at radius 2 is 1.97 bits per heavy atom. The highest BCUT2D eigenvalue weighted by Gasteiger charge is 2.34. The highest BCUT2D eigenvalue weighted by atomic mass is 35.5. The lowest BCUT2D eigenvalue weighted by atomic mass is 9.85. The molecule has 1 aliphatic rings. The summed E-state index contributed by atoms with van der Waals surface area (Å²) in [5.41, 5.74) is -1.21. The van der Waals surface area contributed by atoms with Gasteiger partial charge in [-0.2, -0.15) is 0 Å². The third-order valence-electron chi connectivity index (χ3n) is 6.09. The van der Waals surface area contributed by atoms with Gasteiger partial charge in [-0.3, -0.25) is 4.79 Å². The van der Waals surface area contributed by atoms with Crippen LogP contribution in [0.25, 0.3) is 11.0 Å². The average molecular weight is 464 g/mol. The maximum Gasteiger partial charge on any atom is 0.202 e. The van der Waals surface area contributed by atoms with Crippen molar-refractivity contribution in [1.82, 2.24) is 4.90 Å². The normalized spacial score (nSPS) is 20.6. The van der Waals surface area contributed by atoms with E-state index in [1.54, 1.807) is 0 Å². The molecule has 3 aromatic rings. The highest BCUT2D eigenvalue weighted by Crippen LogP contribution is 2.43. The van der Waals surface area contributed by atoms with Crippen LogP contribution >= 0.6 is 11.6 Å². The number of aromatic hydroxyl groups is 2. The van der Waals surface area contributed by atoms with Gasteiger partial charge in [0, 0.05) is 34.7 Å². The number of rotatable bonds is 3. The number of likely N-dealkylation sites (tertiary alicyclic amines) is 1. The molecule has 3 atom stereocenters. The average Bonchev–Trinajstić information content (AvgIpc) is 2.68. The summed E-state index contributed by atoms with van der Waals surface area (Å²) in [5, 5.41) is 42.2. The third kappa shape index (κ3) is 3.63. The van der Waals surface area contributed by atoms with Gasteiger partial charge < -0.3 is 29.7 Å². The SMILES string of the molecule is Cc1oc2c([C@H]3CCN(C)C[C@H]3O)c(O)cc(O)c2c(=O)c1C(O)c1c(F)cccc1Cl. The number of fused-ring (bicyclic) bond motifs is 1. The van der Waals surface area contributed by atoms with Gasteiger partial charge in [0.2, 0.25) is 5.43 Å². The van der Waals surface area contributed by atoms with Gasteiger partial charge in [-0.15, -0.1) is 0 Å². The zero-order valence-electron chi connectivity index (χ0n) is 17.5. The van der Waals surface area contributed by atoms with Crippen LogP contribution in [0.5, 0.6) is 11.5 Å². The Balaban J connectivity index is 1.96. The number of piperidine rings is 1. The van der Waals surface area contributed by atoms with Crippen LogP contribution in [-0.2, 0) is 0 Å². The van der Waals surface area contributed by atoms with Crippen molar-refractivity contribution in [3.63, 3.8) is 0 Å². The summed E-state index contributed by atoms with van der Waals surface area (Å²) in [6.07, 6.45) is -2.08. The standard InChI is InChI=1S/C23H23ClFNO6/c1-10-17(21(30)19-12(24)4-3-5-13(19)25)22(31)20-15(28)8-14(27)18(23(20)32-10)11-6-7-26(2)9-16(11)29/h3-5,8,11,16,21,27-30H,6-7,9H2,1-2H3/t11-,16+,21?/m0/s1. The molecule has 32 heavy (non-hydrogen) atoms. The van der Waals surface area contributed by atoms with Crippen molar-refractivity contribution in [3.8, 4) is 11.5 Å². The van der Waals surface area contributed by atoms with Gasteiger partial charge in [-0.25, -0.2) is 4.39 Å². The molecule has 170 valence electrons. The van der Waals surface area contributed by atoms with Crippen molar-refractivity contribution < 1.29 is 29.2 Å². The van der Waals surface area contributed by atoms with Crippen LogP contribution in [0.15, 0.2) is 33.5 Å². The van der Waals surface area contributed by atoms with Crippen LogP contribution in [0.4, 0.5) is 4.39 Å². The van der Waals surface area contributed by atoms with E-state index in [1.165, 1.54) is 19.1 Å². The molecule has 0 amide bonds. The Morgan fingerprint density at radius 3 is 2.62 bits per heavy atom. The molecule has 0 bridgehead atoms. The van der Waals surface area contributed by atoms with E-state index in [0.717, 1.165) is 12.1 Å². The molecule has 1 saturated heterocycles. The minimum atomic E-state index is -1.74. The number of phenols is 2. The third-order valence-corrected chi connectivity index (χ3v) is 6.42. The molecule has 4 N–H and O–H groups in total.